The van der Waals surface area contributed by atoms with Crippen LogP contribution in [0.5, 0.6) is 0 Å². The topological polar surface area (TPSA) is 12.9 Å². The van der Waals surface area contributed by atoms with Crippen molar-refractivity contribution in [2.45, 2.75) is 0 Å². The number of aromatic nitrogens is 1. The lowest BCUT2D eigenvalue weighted by molar-refractivity contribution is 1.50. The molecule has 0 saturated heterocycles. The third-order valence-electron chi connectivity index (χ3n) is 2.96. The molecule has 0 N–H and O–H groups in total. The number of benzene rings is 2. The van der Waals surface area contributed by atoms with E-state index in [0.717, 1.165) is 5.52 Å². The van der Waals surface area contributed by atoms with E-state index in [-0.39, 0.29) is 0 Å². The molecule has 0 saturated carbocycles. The summed E-state index contributed by atoms with van der Waals surface area (Å²) in [6.45, 7) is 0. The highest BCUT2D eigenvalue weighted by Gasteiger charge is 2.12. The molecule has 0 bridgehead atoms. The van der Waals surface area contributed by atoms with E-state index in [2.05, 4.69) is 41.4 Å². The molecule has 4 rings (SSSR count). The summed E-state index contributed by atoms with van der Waals surface area (Å²) < 4.78 is 1.30. The van der Waals surface area contributed by atoms with Gasteiger partial charge in [0.1, 0.15) is 0 Å². The standard InChI is InChI=1S/C13H7NS/c1-2-8-4-5-9-6-11-13(15-7-14-11)10(3-1)12(8)9/h1-7H. The second-order valence-electron chi connectivity index (χ2n) is 3.77. The smallest absolute Gasteiger partial charge is 0.0824 e. The molecule has 2 heteroatoms. The fourth-order valence-electron chi connectivity index (χ4n) is 2.31. The zero-order chi connectivity index (χ0) is 9.83. The molecule has 1 nitrogen and oxygen atoms in total. The minimum atomic E-state index is 1.12. The van der Waals surface area contributed by atoms with Crippen molar-refractivity contribution in [1.29, 1.82) is 0 Å². The molecule has 70 valence electrons. The van der Waals surface area contributed by atoms with Crippen molar-refractivity contribution in [2.75, 3.05) is 0 Å². The van der Waals surface area contributed by atoms with Gasteiger partial charge in [0, 0.05) is 5.39 Å². The first-order valence-corrected chi connectivity index (χ1v) is 5.78. The molecule has 2 aromatic carbocycles. The number of thiazole rings is 1. The molecule has 0 spiro atoms. The summed E-state index contributed by atoms with van der Waals surface area (Å²) in [7, 11) is 0. The lowest BCUT2D eigenvalue weighted by Crippen LogP contribution is -1.79. The summed E-state index contributed by atoms with van der Waals surface area (Å²) in [6, 6.07) is 8.66. The van der Waals surface area contributed by atoms with Crippen LogP contribution >= 0.6 is 11.3 Å². The van der Waals surface area contributed by atoms with Crippen molar-refractivity contribution < 1.29 is 0 Å². The van der Waals surface area contributed by atoms with Crippen LogP contribution in [0.1, 0.15) is 11.1 Å². The molecule has 1 aliphatic carbocycles. The van der Waals surface area contributed by atoms with E-state index in [4.69, 9.17) is 0 Å². The Balaban J connectivity index is 2.43. The first-order chi connectivity index (χ1) is 7.43. The van der Waals surface area contributed by atoms with Crippen LogP contribution in [0.25, 0.3) is 33.1 Å². The largest absolute Gasteiger partial charge is 0.245 e. The molecule has 0 atom stereocenters. The molecule has 1 aliphatic rings. The van der Waals surface area contributed by atoms with Crippen molar-refractivity contribution in [2.24, 2.45) is 0 Å². The first kappa shape index (κ1) is 7.60. The molecule has 0 unspecified atom stereocenters. The van der Waals surface area contributed by atoms with Gasteiger partial charge in [0.2, 0.25) is 0 Å². The van der Waals surface area contributed by atoms with E-state index in [1.807, 2.05) is 5.51 Å². The predicted octanol–water partition coefficient (Wildman–Crippen LogP) is 3.93. The Labute approximate surface area is 90.7 Å². The summed E-state index contributed by atoms with van der Waals surface area (Å²) in [5, 5.41) is 2.72. The SMILES string of the molecule is C1=Cc2cc3ncsc3c3cccc1c23. The zero-order valence-corrected chi connectivity index (χ0v) is 8.71. The summed E-state index contributed by atoms with van der Waals surface area (Å²) in [5.41, 5.74) is 5.68. The van der Waals surface area contributed by atoms with E-state index < -0.39 is 0 Å². The molecule has 0 aliphatic heterocycles. The van der Waals surface area contributed by atoms with Gasteiger partial charge < -0.3 is 0 Å². The monoisotopic (exact) mass is 209 g/mol. The average molecular weight is 209 g/mol. The van der Waals surface area contributed by atoms with Gasteiger partial charge in [-0.1, -0.05) is 30.4 Å². The van der Waals surface area contributed by atoms with Gasteiger partial charge >= 0.3 is 0 Å². The molecule has 3 aromatic rings. The summed E-state index contributed by atoms with van der Waals surface area (Å²) in [6.07, 6.45) is 4.36. The number of hydrogen-bond acceptors (Lipinski definition) is 2. The number of fused-ring (bicyclic) bond motifs is 2. The van der Waals surface area contributed by atoms with Crippen LogP contribution in [-0.4, -0.2) is 4.98 Å². The maximum atomic E-state index is 4.39. The molecule has 15 heavy (non-hydrogen) atoms. The van der Waals surface area contributed by atoms with Gasteiger partial charge in [-0.15, -0.1) is 11.3 Å². The van der Waals surface area contributed by atoms with Gasteiger partial charge in [0.05, 0.1) is 15.7 Å². The molecule has 1 aromatic heterocycles. The highest BCUT2D eigenvalue weighted by atomic mass is 32.1. The Bertz CT molecular complexity index is 722. The Kier molecular flexibility index (Phi) is 1.25. The van der Waals surface area contributed by atoms with E-state index in [0.29, 0.717) is 0 Å². The summed E-state index contributed by atoms with van der Waals surface area (Å²) in [4.78, 5) is 4.39. The Morgan fingerprint density at radius 2 is 2.00 bits per heavy atom. The van der Waals surface area contributed by atoms with E-state index >= 15 is 0 Å². The van der Waals surface area contributed by atoms with Crippen LogP contribution in [0, 0.1) is 0 Å². The third-order valence-corrected chi connectivity index (χ3v) is 3.84. The van der Waals surface area contributed by atoms with Crippen LogP contribution in [0.4, 0.5) is 0 Å². The van der Waals surface area contributed by atoms with E-state index in [1.54, 1.807) is 11.3 Å². The maximum Gasteiger partial charge on any atom is 0.0824 e. The third kappa shape index (κ3) is 0.851. The quantitative estimate of drug-likeness (QED) is 0.427. The normalized spacial score (nSPS) is 13.1. The minimum absolute atomic E-state index is 1.12. The molecule has 0 radical (unpaired) electrons. The molecule has 1 heterocycles. The number of hydrogen-bond donors (Lipinski definition) is 0. The Morgan fingerprint density at radius 1 is 1.07 bits per heavy atom. The molecule has 0 fully saturated rings. The minimum Gasteiger partial charge on any atom is -0.245 e. The molecular weight excluding hydrogens is 202 g/mol. The average Bonchev–Trinajstić information content (AvgIpc) is 2.87. The van der Waals surface area contributed by atoms with Crippen LogP contribution in [0.15, 0.2) is 29.8 Å². The zero-order valence-electron chi connectivity index (χ0n) is 7.90. The van der Waals surface area contributed by atoms with Gasteiger partial charge in [-0.25, -0.2) is 4.98 Å². The second-order valence-corrected chi connectivity index (χ2v) is 4.62. The number of rotatable bonds is 0. The molecule has 0 amide bonds. The van der Waals surface area contributed by atoms with Gasteiger partial charge in [-0.2, -0.15) is 0 Å². The van der Waals surface area contributed by atoms with Crippen molar-refractivity contribution >= 4 is 44.5 Å². The first-order valence-electron chi connectivity index (χ1n) is 4.90. The van der Waals surface area contributed by atoms with Crippen molar-refractivity contribution in [1.82, 2.24) is 4.98 Å². The highest BCUT2D eigenvalue weighted by molar-refractivity contribution is 7.17. The van der Waals surface area contributed by atoms with Crippen molar-refractivity contribution in [3.05, 3.63) is 40.9 Å². The van der Waals surface area contributed by atoms with Crippen molar-refractivity contribution in [3.8, 4) is 0 Å². The van der Waals surface area contributed by atoms with Gasteiger partial charge in [-0.05, 0) is 22.6 Å². The van der Waals surface area contributed by atoms with Crippen LogP contribution < -0.4 is 0 Å². The van der Waals surface area contributed by atoms with Crippen LogP contribution in [0.3, 0.4) is 0 Å². The van der Waals surface area contributed by atoms with Gasteiger partial charge in [-0.3, -0.25) is 0 Å². The fraction of sp³-hybridized carbons (Fsp3) is 0. The van der Waals surface area contributed by atoms with Gasteiger partial charge in [0.25, 0.3) is 0 Å². The Hall–Kier alpha value is -1.67. The summed E-state index contributed by atoms with van der Waals surface area (Å²) >= 11 is 1.72. The van der Waals surface area contributed by atoms with Gasteiger partial charge in [0.15, 0.2) is 0 Å². The number of nitrogens with zero attached hydrogens (tertiary/aromatic N) is 1. The molecular formula is C13H7NS. The van der Waals surface area contributed by atoms with Crippen LogP contribution in [0.2, 0.25) is 0 Å². The fourth-order valence-corrected chi connectivity index (χ4v) is 3.11. The lowest BCUT2D eigenvalue weighted by Gasteiger charge is -2.02. The second kappa shape index (κ2) is 2.47. The van der Waals surface area contributed by atoms with Crippen LogP contribution in [-0.2, 0) is 0 Å². The predicted molar refractivity (Wildman–Crippen MR) is 66.1 cm³/mol. The maximum absolute atomic E-state index is 4.39. The van der Waals surface area contributed by atoms with E-state index in [1.165, 1.54) is 26.6 Å². The summed E-state index contributed by atoms with van der Waals surface area (Å²) in [5.74, 6) is 0. The Morgan fingerprint density at radius 3 is 3.00 bits per heavy atom. The van der Waals surface area contributed by atoms with Crippen molar-refractivity contribution in [3.63, 3.8) is 0 Å². The lowest BCUT2D eigenvalue weighted by atomic mass is 10.0. The van der Waals surface area contributed by atoms with E-state index in [9.17, 15) is 0 Å². The highest BCUT2D eigenvalue weighted by Crippen LogP contribution is 2.37.